The van der Waals surface area contributed by atoms with Gasteiger partial charge in [-0.3, -0.25) is 0 Å². The quantitative estimate of drug-likeness (QED) is 0.591. The minimum atomic E-state index is 0.182. The first-order valence-corrected chi connectivity index (χ1v) is 9.48. The second kappa shape index (κ2) is 7.76. The van der Waals surface area contributed by atoms with Crippen molar-refractivity contribution in [3.05, 3.63) is 45.4 Å². The van der Waals surface area contributed by atoms with Gasteiger partial charge in [-0.15, -0.1) is 0 Å². The summed E-state index contributed by atoms with van der Waals surface area (Å²) in [5.41, 5.74) is 1.75. The third kappa shape index (κ3) is 4.11. The first-order chi connectivity index (χ1) is 13.1. The van der Waals surface area contributed by atoms with Gasteiger partial charge in [0.15, 0.2) is 23.0 Å². The van der Waals surface area contributed by atoms with Crippen LogP contribution in [0.2, 0.25) is 10.0 Å². The highest BCUT2D eigenvalue weighted by molar-refractivity contribution is 6.32. The van der Waals surface area contributed by atoms with Crippen molar-refractivity contribution in [1.82, 2.24) is 0 Å². The minimum absolute atomic E-state index is 0.182. The van der Waals surface area contributed by atoms with E-state index in [-0.39, 0.29) is 12.2 Å². The van der Waals surface area contributed by atoms with Crippen LogP contribution in [-0.2, 0) is 22.3 Å². The van der Waals surface area contributed by atoms with Crippen LogP contribution in [0.25, 0.3) is 0 Å². The van der Waals surface area contributed by atoms with Crippen molar-refractivity contribution in [3.63, 3.8) is 0 Å². The summed E-state index contributed by atoms with van der Waals surface area (Å²) in [6.07, 6.45) is 1.73. The highest BCUT2D eigenvalue weighted by Gasteiger charge is 2.29. The van der Waals surface area contributed by atoms with E-state index in [4.69, 9.17) is 46.9 Å². The summed E-state index contributed by atoms with van der Waals surface area (Å²) >= 11 is 12.8. The van der Waals surface area contributed by atoms with Gasteiger partial charge in [-0.25, -0.2) is 0 Å². The fourth-order valence-electron chi connectivity index (χ4n) is 3.10. The van der Waals surface area contributed by atoms with Crippen LogP contribution in [0.1, 0.15) is 11.1 Å². The Bertz CT molecular complexity index is 777. The second-order valence-electron chi connectivity index (χ2n) is 6.54. The van der Waals surface area contributed by atoms with Crippen molar-refractivity contribution in [2.45, 2.75) is 25.0 Å². The zero-order chi connectivity index (χ0) is 19.0. The Morgan fingerprint density at radius 3 is 1.56 bits per heavy atom. The molecule has 0 N–H and O–H groups in total. The molecule has 2 aromatic carbocycles. The van der Waals surface area contributed by atoms with E-state index in [0.29, 0.717) is 45.9 Å². The second-order valence-corrected chi connectivity index (χ2v) is 7.35. The molecule has 0 spiro atoms. The van der Waals surface area contributed by atoms with Gasteiger partial charge in [0.1, 0.15) is 0 Å². The van der Waals surface area contributed by atoms with Crippen molar-refractivity contribution in [2.24, 2.45) is 0 Å². The van der Waals surface area contributed by atoms with Crippen LogP contribution in [0, 0.1) is 0 Å². The molecule has 2 saturated heterocycles. The van der Waals surface area contributed by atoms with Crippen LogP contribution in [-0.4, -0.2) is 39.6 Å². The number of benzene rings is 2. The zero-order valence-electron chi connectivity index (χ0n) is 15.1. The van der Waals surface area contributed by atoms with Crippen molar-refractivity contribution in [2.75, 3.05) is 27.4 Å². The van der Waals surface area contributed by atoms with Crippen LogP contribution in [0.15, 0.2) is 24.3 Å². The number of epoxide rings is 2. The fourth-order valence-corrected chi connectivity index (χ4v) is 3.55. The fraction of sp³-hybridized carbons (Fsp3) is 0.400. The SMILES string of the molecule is COc1c(Oc2ccc(Cl)c(CC3CO3)c2OC)ccc(Cl)c1CC1CO1. The molecular weight excluding hydrogens is 391 g/mol. The molecule has 2 heterocycles. The molecule has 2 fully saturated rings. The molecule has 0 amide bonds. The topological polar surface area (TPSA) is 52.8 Å². The molecule has 144 valence electrons. The molecular formula is C20H20Cl2O5. The lowest BCUT2D eigenvalue weighted by molar-refractivity contribution is 0.348. The third-order valence-corrected chi connectivity index (χ3v) is 5.34. The number of methoxy groups -OCH3 is 2. The highest BCUT2D eigenvalue weighted by Crippen LogP contribution is 2.44. The Kier molecular flexibility index (Phi) is 5.37. The van der Waals surface area contributed by atoms with Gasteiger partial charge in [0.05, 0.1) is 39.6 Å². The molecule has 0 bridgehead atoms. The van der Waals surface area contributed by atoms with Crippen LogP contribution in [0.4, 0.5) is 0 Å². The van der Waals surface area contributed by atoms with Crippen LogP contribution >= 0.6 is 23.2 Å². The van der Waals surface area contributed by atoms with E-state index in [1.807, 2.05) is 0 Å². The highest BCUT2D eigenvalue weighted by atomic mass is 35.5. The van der Waals surface area contributed by atoms with Gasteiger partial charge >= 0.3 is 0 Å². The molecule has 2 aliphatic heterocycles. The molecule has 0 aromatic heterocycles. The van der Waals surface area contributed by atoms with E-state index in [9.17, 15) is 0 Å². The lowest BCUT2D eigenvalue weighted by Gasteiger charge is -2.18. The van der Waals surface area contributed by atoms with E-state index in [1.54, 1.807) is 38.5 Å². The van der Waals surface area contributed by atoms with Gasteiger partial charge in [-0.05, 0) is 24.3 Å². The standard InChI is InChI=1S/C20H20Cl2O5/c1-23-19-13(7-11-9-25-11)15(21)3-5-17(19)27-18-6-4-16(22)14(20(18)24-2)8-12-10-26-12/h3-6,11-12H,7-10H2,1-2H3. The van der Waals surface area contributed by atoms with E-state index >= 15 is 0 Å². The predicted octanol–water partition coefficient (Wildman–Crippen LogP) is 4.69. The van der Waals surface area contributed by atoms with Crippen LogP contribution < -0.4 is 14.2 Å². The molecule has 27 heavy (non-hydrogen) atoms. The first kappa shape index (κ1) is 18.7. The van der Waals surface area contributed by atoms with E-state index in [0.717, 1.165) is 24.3 Å². The summed E-state index contributed by atoms with van der Waals surface area (Å²) < 4.78 is 28.0. The molecule has 2 unspecified atom stereocenters. The predicted molar refractivity (Wildman–Crippen MR) is 103 cm³/mol. The average molecular weight is 411 g/mol. The number of rotatable bonds is 8. The summed E-state index contributed by atoms with van der Waals surface area (Å²) in [5, 5.41) is 1.26. The van der Waals surface area contributed by atoms with Crippen molar-refractivity contribution in [1.29, 1.82) is 0 Å². The smallest absolute Gasteiger partial charge is 0.169 e. The summed E-state index contributed by atoms with van der Waals surface area (Å²) in [6.45, 7) is 1.48. The van der Waals surface area contributed by atoms with Crippen molar-refractivity contribution < 1.29 is 23.7 Å². The minimum Gasteiger partial charge on any atom is -0.492 e. The number of halogens is 2. The van der Waals surface area contributed by atoms with Crippen LogP contribution in [0.5, 0.6) is 23.0 Å². The Morgan fingerprint density at radius 2 is 1.22 bits per heavy atom. The maximum Gasteiger partial charge on any atom is 0.169 e. The van der Waals surface area contributed by atoms with E-state index in [2.05, 4.69) is 0 Å². The zero-order valence-corrected chi connectivity index (χ0v) is 16.6. The molecule has 0 aliphatic carbocycles. The monoisotopic (exact) mass is 410 g/mol. The maximum atomic E-state index is 6.38. The number of hydrogen-bond donors (Lipinski definition) is 0. The Balaban J connectivity index is 1.69. The third-order valence-electron chi connectivity index (χ3n) is 4.63. The molecule has 2 atom stereocenters. The number of hydrogen-bond acceptors (Lipinski definition) is 5. The van der Waals surface area contributed by atoms with Gasteiger partial charge < -0.3 is 23.7 Å². The normalized spacial score (nSPS) is 20.3. The summed E-state index contributed by atoms with van der Waals surface area (Å²) in [7, 11) is 3.20. The Morgan fingerprint density at radius 1 is 0.815 bits per heavy atom. The molecule has 0 saturated carbocycles. The molecule has 4 rings (SSSR count). The molecule has 5 nitrogen and oxygen atoms in total. The lowest BCUT2D eigenvalue weighted by Crippen LogP contribution is -2.03. The Labute approximate surface area is 168 Å². The molecule has 2 aliphatic rings. The maximum absolute atomic E-state index is 6.38. The van der Waals surface area contributed by atoms with Gasteiger partial charge in [0, 0.05) is 34.0 Å². The summed E-state index contributed by atoms with van der Waals surface area (Å²) in [4.78, 5) is 0. The van der Waals surface area contributed by atoms with E-state index in [1.165, 1.54) is 0 Å². The van der Waals surface area contributed by atoms with Gasteiger partial charge in [-0.2, -0.15) is 0 Å². The van der Waals surface area contributed by atoms with Gasteiger partial charge in [0.25, 0.3) is 0 Å². The molecule has 2 aromatic rings. The average Bonchev–Trinajstić information content (AvgIpc) is 3.56. The van der Waals surface area contributed by atoms with Crippen LogP contribution in [0.3, 0.4) is 0 Å². The Hall–Kier alpha value is -1.66. The van der Waals surface area contributed by atoms with Gasteiger partial charge in [0.2, 0.25) is 0 Å². The van der Waals surface area contributed by atoms with Gasteiger partial charge in [-0.1, -0.05) is 23.2 Å². The van der Waals surface area contributed by atoms with E-state index < -0.39 is 0 Å². The summed E-state index contributed by atoms with van der Waals surface area (Å²) in [6, 6.07) is 7.18. The lowest BCUT2D eigenvalue weighted by atomic mass is 10.1. The van der Waals surface area contributed by atoms with Crippen molar-refractivity contribution in [3.8, 4) is 23.0 Å². The number of ether oxygens (including phenoxy) is 5. The summed E-state index contributed by atoms with van der Waals surface area (Å²) in [5.74, 6) is 2.32. The largest absolute Gasteiger partial charge is 0.492 e. The molecule has 0 radical (unpaired) electrons. The van der Waals surface area contributed by atoms with Crippen molar-refractivity contribution >= 4 is 23.2 Å². The molecule has 7 heteroatoms. The first-order valence-electron chi connectivity index (χ1n) is 8.72.